The Balaban J connectivity index is 2.17. The molecule has 0 saturated carbocycles. The Morgan fingerprint density at radius 3 is 2.72 bits per heavy atom. The van der Waals surface area contributed by atoms with E-state index in [4.69, 9.17) is 22.1 Å². The third kappa shape index (κ3) is 2.49. The summed E-state index contributed by atoms with van der Waals surface area (Å²) in [7, 11) is 0. The maximum Gasteiger partial charge on any atom is 0.146 e. The van der Waals surface area contributed by atoms with Gasteiger partial charge in [0.2, 0.25) is 0 Å². The van der Waals surface area contributed by atoms with Crippen LogP contribution in [-0.4, -0.2) is 5.11 Å². The monoisotopic (exact) mass is 267 g/mol. The molecule has 0 saturated heterocycles. The molecule has 18 heavy (non-hydrogen) atoms. The lowest BCUT2D eigenvalue weighted by atomic mass is 10.2. The summed E-state index contributed by atoms with van der Waals surface area (Å²) in [6.45, 7) is 0.0737. The standard InChI is InChI=1S/C13H11ClFNO2/c14-12-8(3-1-4-9(12)15)7-18-11-6-2-5-10(17)13(11)16/h1-6,17H,7,16H2. The molecule has 94 valence electrons. The molecule has 5 heteroatoms. The second-order valence-electron chi connectivity index (χ2n) is 3.69. The van der Waals surface area contributed by atoms with Gasteiger partial charge in [0.15, 0.2) is 0 Å². The van der Waals surface area contributed by atoms with E-state index in [1.165, 1.54) is 12.1 Å². The van der Waals surface area contributed by atoms with Gasteiger partial charge in [0.1, 0.15) is 29.6 Å². The van der Waals surface area contributed by atoms with Crippen molar-refractivity contribution in [2.24, 2.45) is 0 Å². The van der Waals surface area contributed by atoms with Crippen molar-refractivity contribution < 1.29 is 14.2 Å². The lowest BCUT2D eigenvalue weighted by Gasteiger charge is -2.10. The predicted molar refractivity (Wildman–Crippen MR) is 68.3 cm³/mol. The number of halogens is 2. The van der Waals surface area contributed by atoms with Crippen LogP contribution in [0.25, 0.3) is 0 Å². The number of benzene rings is 2. The molecule has 0 unspecified atom stereocenters. The van der Waals surface area contributed by atoms with Crippen molar-refractivity contribution in [3.05, 3.63) is 52.8 Å². The van der Waals surface area contributed by atoms with Gasteiger partial charge in [-0.2, -0.15) is 0 Å². The van der Waals surface area contributed by atoms with Crippen LogP contribution in [0.4, 0.5) is 10.1 Å². The number of hydrogen-bond donors (Lipinski definition) is 2. The summed E-state index contributed by atoms with van der Waals surface area (Å²) in [6, 6.07) is 9.15. The summed E-state index contributed by atoms with van der Waals surface area (Å²) in [5, 5.41) is 9.43. The third-order valence-corrected chi connectivity index (χ3v) is 2.88. The Bertz CT molecular complexity index is 523. The van der Waals surface area contributed by atoms with Gasteiger partial charge in [-0.05, 0) is 18.2 Å². The van der Waals surface area contributed by atoms with Crippen LogP contribution in [0.15, 0.2) is 36.4 Å². The summed E-state index contributed by atoms with van der Waals surface area (Å²) in [5.41, 5.74) is 6.29. The van der Waals surface area contributed by atoms with Crippen LogP contribution >= 0.6 is 11.6 Å². The van der Waals surface area contributed by atoms with E-state index in [0.717, 1.165) is 0 Å². The lowest BCUT2D eigenvalue weighted by molar-refractivity contribution is 0.306. The van der Waals surface area contributed by atoms with Crippen LogP contribution < -0.4 is 10.5 Å². The summed E-state index contributed by atoms with van der Waals surface area (Å²) in [6.07, 6.45) is 0. The number of nitrogen functional groups attached to an aromatic ring is 1. The van der Waals surface area contributed by atoms with Gasteiger partial charge in [0.25, 0.3) is 0 Å². The van der Waals surface area contributed by atoms with Gasteiger partial charge >= 0.3 is 0 Å². The minimum atomic E-state index is -0.498. The molecule has 3 N–H and O–H groups in total. The van der Waals surface area contributed by atoms with Crippen molar-refractivity contribution in [3.63, 3.8) is 0 Å². The fourth-order valence-electron chi connectivity index (χ4n) is 1.47. The molecule has 0 bridgehead atoms. The molecule has 0 amide bonds. The number of rotatable bonds is 3. The fraction of sp³-hybridized carbons (Fsp3) is 0.0769. The molecule has 0 atom stereocenters. The van der Waals surface area contributed by atoms with Gasteiger partial charge in [0.05, 0.1) is 5.02 Å². The van der Waals surface area contributed by atoms with E-state index in [1.54, 1.807) is 24.3 Å². The number of hydrogen-bond acceptors (Lipinski definition) is 3. The Labute approximate surface area is 109 Å². The molecule has 0 aliphatic rings. The topological polar surface area (TPSA) is 55.5 Å². The van der Waals surface area contributed by atoms with Crippen LogP contribution in [0.1, 0.15) is 5.56 Å². The van der Waals surface area contributed by atoms with Gasteiger partial charge in [-0.3, -0.25) is 0 Å². The number of anilines is 1. The zero-order chi connectivity index (χ0) is 13.1. The molecule has 0 spiro atoms. The Morgan fingerprint density at radius 2 is 1.94 bits per heavy atom. The Morgan fingerprint density at radius 1 is 1.22 bits per heavy atom. The van der Waals surface area contributed by atoms with E-state index in [0.29, 0.717) is 11.3 Å². The van der Waals surface area contributed by atoms with Crippen molar-refractivity contribution in [1.82, 2.24) is 0 Å². The molecule has 2 aromatic carbocycles. The van der Waals surface area contributed by atoms with E-state index in [-0.39, 0.29) is 23.1 Å². The second-order valence-corrected chi connectivity index (χ2v) is 4.07. The van der Waals surface area contributed by atoms with Crippen LogP contribution in [0.3, 0.4) is 0 Å². The predicted octanol–water partition coefficient (Wildman–Crippen LogP) is 3.35. The van der Waals surface area contributed by atoms with Crippen molar-refractivity contribution in [1.29, 1.82) is 0 Å². The van der Waals surface area contributed by atoms with Crippen LogP contribution in [0.2, 0.25) is 5.02 Å². The van der Waals surface area contributed by atoms with Crippen LogP contribution in [0.5, 0.6) is 11.5 Å². The summed E-state index contributed by atoms with van der Waals surface area (Å²) >= 11 is 5.79. The first-order valence-electron chi connectivity index (χ1n) is 5.22. The third-order valence-electron chi connectivity index (χ3n) is 2.46. The zero-order valence-corrected chi connectivity index (χ0v) is 10.1. The quantitative estimate of drug-likeness (QED) is 0.662. The SMILES string of the molecule is Nc1c(O)cccc1OCc1cccc(F)c1Cl. The first kappa shape index (κ1) is 12.5. The van der Waals surface area contributed by atoms with Crippen molar-refractivity contribution in [2.45, 2.75) is 6.61 Å². The van der Waals surface area contributed by atoms with E-state index in [1.807, 2.05) is 0 Å². The molecule has 3 nitrogen and oxygen atoms in total. The van der Waals surface area contributed by atoms with Gasteiger partial charge < -0.3 is 15.6 Å². The van der Waals surface area contributed by atoms with E-state index < -0.39 is 5.82 Å². The largest absolute Gasteiger partial charge is 0.506 e. The Hall–Kier alpha value is -1.94. The first-order valence-corrected chi connectivity index (χ1v) is 5.60. The highest BCUT2D eigenvalue weighted by atomic mass is 35.5. The maximum atomic E-state index is 13.2. The molecule has 0 fully saturated rings. The average molecular weight is 268 g/mol. The minimum absolute atomic E-state index is 0.0243. The number of phenols is 1. The van der Waals surface area contributed by atoms with Gasteiger partial charge in [-0.15, -0.1) is 0 Å². The van der Waals surface area contributed by atoms with Crippen molar-refractivity contribution in [3.8, 4) is 11.5 Å². The van der Waals surface area contributed by atoms with E-state index in [2.05, 4.69) is 0 Å². The number of phenolic OH excluding ortho intramolecular Hbond substituents is 1. The van der Waals surface area contributed by atoms with E-state index in [9.17, 15) is 9.50 Å². The molecule has 0 heterocycles. The van der Waals surface area contributed by atoms with Gasteiger partial charge in [0, 0.05) is 5.56 Å². The van der Waals surface area contributed by atoms with Crippen LogP contribution in [0, 0.1) is 5.82 Å². The molecule has 0 aliphatic carbocycles. The molecular weight excluding hydrogens is 257 g/mol. The zero-order valence-electron chi connectivity index (χ0n) is 9.36. The van der Waals surface area contributed by atoms with Crippen molar-refractivity contribution >= 4 is 17.3 Å². The molecule has 0 aromatic heterocycles. The molecule has 0 radical (unpaired) electrons. The minimum Gasteiger partial charge on any atom is -0.506 e. The smallest absolute Gasteiger partial charge is 0.146 e. The highest BCUT2D eigenvalue weighted by molar-refractivity contribution is 6.31. The van der Waals surface area contributed by atoms with E-state index >= 15 is 0 Å². The molecule has 0 aliphatic heterocycles. The summed E-state index contributed by atoms with van der Waals surface area (Å²) in [5.74, 6) is -0.227. The van der Waals surface area contributed by atoms with Gasteiger partial charge in [-0.25, -0.2) is 4.39 Å². The summed E-state index contributed by atoms with van der Waals surface area (Å²) in [4.78, 5) is 0. The Kier molecular flexibility index (Phi) is 3.58. The number of ether oxygens (including phenoxy) is 1. The van der Waals surface area contributed by atoms with Crippen LogP contribution in [-0.2, 0) is 6.61 Å². The lowest BCUT2D eigenvalue weighted by Crippen LogP contribution is -2.00. The maximum absolute atomic E-state index is 13.2. The second kappa shape index (κ2) is 5.14. The van der Waals surface area contributed by atoms with Crippen molar-refractivity contribution in [2.75, 3.05) is 5.73 Å². The highest BCUT2D eigenvalue weighted by Crippen LogP contribution is 2.31. The highest BCUT2D eigenvalue weighted by Gasteiger charge is 2.08. The molecule has 2 rings (SSSR count). The summed E-state index contributed by atoms with van der Waals surface area (Å²) < 4.78 is 18.6. The number of nitrogens with two attached hydrogens (primary N) is 1. The molecule has 2 aromatic rings. The molecular formula is C13H11ClFNO2. The number of para-hydroxylation sites is 1. The average Bonchev–Trinajstić information content (AvgIpc) is 2.36. The number of aromatic hydroxyl groups is 1. The normalized spacial score (nSPS) is 10.3. The van der Waals surface area contributed by atoms with Gasteiger partial charge in [-0.1, -0.05) is 29.8 Å². The first-order chi connectivity index (χ1) is 8.59. The fourth-order valence-corrected chi connectivity index (χ4v) is 1.65.